The fourth-order valence-electron chi connectivity index (χ4n) is 2.11. The lowest BCUT2D eigenvalue weighted by Crippen LogP contribution is -1.99. The molecule has 1 N–H and O–H groups in total. The van der Waals surface area contributed by atoms with Gasteiger partial charge in [-0.15, -0.1) is 0 Å². The van der Waals surface area contributed by atoms with E-state index in [1.165, 1.54) is 0 Å². The molecule has 0 spiro atoms. The SMILES string of the molecule is O=C(O)Cc1cccc(-c2ccc3c(c2)OCO3)c1. The van der Waals surface area contributed by atoms with Crippen molar-refractivity contribution < 1.29 is 19.4 Å². The van der Waals surface area contributed by atoms with Crippen LogP contribution in [0.5, 0.6) is 11.5 Å². The second-order valence-electron chi connectivity index (χ2n) is 4.34. The van der Waals surface area contributed by atoms with E-state index < -0.39 is 5.97 Å². The number of carbonyl (C=O) groups is 1. The minimum atomic E-state index is -0.831. The van der Waals surface area contributed by atoms with Gasteiger partial charge in [-0.2, -0.15) is 0 Å². The molecule has 0 saturated heterocycles. The van der Waals surface area contributed by atoms with Gasteiger partial charge in [0.25, 0.3) is 0 Å². The molecule has 0 aromatic heterocycles. The third kappa shape index (κ3) is 2.38. The summed E-state index contributed by atoms with van der Waals surface area (Å²) in [6.45, 7) is 0.248. The highest BCUT2D eigenvalue weighted by molar-refractivity contribution is 5.73. The van der Waals surface area contributed by atoms with E-state index in [1.807, 2.05) is 42.5 Å². The zero-order valence-electron chi connectivity index (χ0n) is 10.1. The van der Waals surface area contributed by atoms with E-state index in [0.717, 1.165) is 28.2 Å². The van der Waals surface area contributed by atoms with Crippen LogP contribution in [0.25, 0.3) is 11.1 Å². The van der Waals surface area contributed by atoms with Gasteiger partial charge in [-0.3, -0.25) is 4.79 Å². The highest BCUT2D eigenvalue weighted by atomic mass is 16.7. The van der Waals surface area contributed by atoms with Crippen molar-refractivity contribution in [2.45, 2.75) is 6.42 Å². The summed E-state index contributed by atoms with van der Waals surface area (Å²) < 4.78 is 10.6. The van der Waals surface area contributed by atoms with Gasteiger partial charge in [0.05, 0.1) is 6.42 Å². The first-order valence-electron chi connectivity index (χ1n) is 5.93. The number of benzene rings is 2. The van der Waals surface area contributed by atoms with E-state index in [0.29, 0.717) is 0 Å². The normalized spacial score (nSPS) is 12.4. The van der Waals surface area contributed by atoms with Crippen LogP contribution in [0, 0.1) is 0 Å². The Kier molecular flexibility index (Phi) is 2.83. The van der Waals surface area contributed by atoms with Crippen LogP contribution >= 0.6 is 0 Å². The van der Waals surface area contributed by atoms with Gasteiger partial charge in [0.1, 0.15) is 0 Å². The molecule has 0 aliphatic carbocycles. The molecule has 3 rings (SSSR count). The van der Waals surface area contributed by atoms with Gasteiger partial charge in [0.2, 0.25) is 6.79 Å². The number of carboxylic acid groups (broad SMARTS) is 1. The van der Waals surface area contributed by atoms with Crippen molar-refractivity contribution in [2.75, 3.05) is 6.79 Å². The van der Waals surface area contributed by atoms with Gasteiger partial charge in [-0.05, 0) is 28.8 Å². The predicted molar refractivity (Wildman–Crippen MR) is 69.3 cm³/mol. The molecule has 0 fully saturated rings. The van der Waals surface area contributed by atoms with E-state index in [9.17, 15) is 4.79 Å². The lowest BCUT2D eigenvalue weighted by atomic mass is 10.0. The smallest absolute Gasteiger partial charge is 0.307 e. The first kappa shape index (κ1) is 11.6. The van der Waals surface area contributed by atoms with Crippen LogP contribution in [0.4, 0.5) is 0 Å². The molecule has 0 atom stereocenters. The summed E-state index contributed by atoms with van der Waals surface area (Å²) in [5, 5.41) is 8.82. The van der Waals surface area contributed by atoms with E-state index >= 15 is 0 Å². The Morgan fingerprint density at radius 1 is 1.05 bits per heavy atom. The van der Waals surface area contributed by atoms with Gasteiger partial charge in [-0.25, -0.2) is 0 Å². The van der Waals surface area contributed by atoms with Crippen LogP contribution in [0.1, 0.15) is 5.56 Å². The highest BCUT2D eigenvalue weighted by Crippen LogP contribution is 2.35. The number of fused-ring (bicyclic) bond motifs is 1. The summed E-state index contributed by atoms with van der Waals surface area (Å²) in [5.74, 6) is 0.634. The van der Waals surface area contributed by atoms with Gasteiger partial charge in [0, 0.05) is 0 Å². The lowest BCUT2D eigenvalue weighted by Gasteiger charge is -2.05. The van der Waals surface area contributed by atoms with Gasteiger partial charge in [-0.1, -0.05) is 30.3 Å². The Balaban J connectivity index is 1.95. The molecule has 19 heavy (non-hydrogen) atoms. The number of rotatable bonds is 3. The first-order valence-corrected chi connectivity index (χ1v) is 5.93. The summed E-state index contributed by atoms with van der Waals surface area (Å²) in [4.78, 5) is 10.7. The van der Waals surface area contributed by atoms with E-state index in [-0.39, 0.29) is 13.2 Å². The molecule has 4 nitrogen and oxygen atoms in total. The quantitative estimate of drug-likeness (QED) is 0.917. The fraction of sp³-hybridized carbons (Fsp3) is 0.133. The maximum absolute atomic E-state index is 10.7. The largest absolute Gasteiger partial charge is 0.481 e. The summed E-state index contributed by atoms with van der Waals surface area (Å²) in [6.07, 6.45) is 0.0262. The minimum absolute atomic E-state index is 0.0262. The van der Waals surface area contributed by atoms with Crippen LogP contribution in [0.2, 0.25) is 0 Å². The third-order valence-electron chi connectivity index (χ3n) is 2.99. The maximum atomic E-state index is 10.7. The summed E-state index contributed by atoms with van der Waals surface area (Å²) in [7, 11) is 0. The number of aliphatic carboxylic acids is 1. The van der Waals surface area contributed by atoms with E-state index in [2.05, 4.69) is 0 Å². The average Bonchev–Trinajstić information content (AvgIpc) is 2.85. The maximum Gasteiger partial charge on any atom is 0.307 e. The number of ether oxygens (including phenoxy) is 2. The number of hydrogen-bond donors (Lipinski definition) is 1. The first-order chi connectivity index (χ1) is 9.22. The Morgan fingerprint density at radius 3 is 2.68 bits per heavy atom. The van der Waals surface area contributed by atoms with Gasteiger partial charge < -0.3 is 14.6 Å². The molecule has 1 heterocycles. The van der Waals surface area contributed by atoms with Crippen molar-refractivity contribution in [3.05, 3.63) is 48.0 Å². The summed E-state index contributed by atoms with van der Waals surface area (Å²) in [5.41, 5.74) is 2.73. The van der Waals surface area contributed by atoms with Gasteiger partial charge in [0.15, 0.2) is 11.5 Å². The molecule has 0 bridgehead atoms. The average molecular weight is 256 g/mol. The molecule has 2 aromatic rings. The van der Waals surface area contributed by atoms with E-state index in [4.69, 9.17) is 14.6 Å². The standard InChI is InChI=1S/C15H12O4/c16-15(17)7-10-2-1-3-11(6-10)12-4-5-13-14(8-12)19-9-18-13/h1-6,8H,7,9H2,(H,16,17). The van der Waals surface area contributed by atoms with Crippen LogP contribution in [-0.4, -0.2) is 17.9 Å². The summed E-state index contributed by atoms with van der Waals surface area (Å²) >= 11 is 0. The van der Waals surface area contributed by atoms with Crippen LogP contribution in [-0.2, 0) is 11.2 Å². The highest BCUT2D eigenvalue weighted by Gasteiger charge is 2.14. The molecule has 0 radical (unpaired) electrons. The van der Waals surface area contributed by atoms with Crippen LogP contribution in [0.15, 0.2) is 42.5 Å². The number of hydrogen-bond acceptors (Lipinski definition) is 3. The van der Waals surface area contributed by atoms with Crippen molar-refractivity contribution in [3.8, 4) is 22.6 Å². The monoisotopic (exact) mass is 256 g/mol. The molecule has 0 saturated carbocycles. The van der Waals surface area contributed by atoms with E-state index in [1.54, 1.807) is 0 Å². The molecule has 96 valence electrons. The van der Waals surface area contributed by atoms with Crippen molar-refractivity contribution in [3.63, 3.8) is 0 Å². The van der Waals surface area contributed by atoms with Crippen molar-refractivity contribution in [2.24, 2.45) is 0 Å². The Labute approximate surface area is 110 Å². The summed E-state index contributed by atoms with van der Waals surface area (Å²) in [6, 6.07) is 13.2. The molecular weight excluding hydrogens is 244 g/mol. The molecule has 1 aliphatic rings. The van der Waals surface area contributed by atoms with Crippen LogP contribution < -0.4 is 9.47 Å². The molecular formula is C15H12O4. The topological polar surface area (TPSA) is 55.8 Å². The van der Waals surface area contributed by atoms with Crippen LogP contribution in [0.3, 0.4) is 0 Å². The molecule has 4 heteroatoms. The van der Waals surface area contributed by atoms with Crippen molar-refractivity contribution >= 4 is 5.97 Å². The zero-order valence-corrected chi connectivity index (χ0v) is 10.1. The number of carboxylic acids is 1. The molecule has 0 amide bonds. The Bertz CT molecular complexity index is 634. The lowest BCUT2D eigenvalue weighted by molar-refractivity contribution is -0.136. The molecule has 0 unspecified atom stereocenters. The van der Waals surface area contributed by atoms with Gasteiger partial charge >= 0.3 is 5.97 Å². The second-order valence-corrected chi connectivity index (χ2v) is 4.34. The Morgan fingerprint density at radius 2 is 1.84 bits per heavy atom. The fourth-order valence-corrected chi connectivity index (χ4v) is 2.11. The zero-order chi connectivity index (χ0) is 13.2. The minimum Gasteiger partial charge on any atom is -0.481 e. The van der Waals surface area contributed by atoms with Crippen molar-refractivity contribution in [1.29, 1.82) is 0 Å². The molecule has 1 aliphatic heterocycles. The molecule has 2 aromatic carbocycles. The van der Waals surface area contributed by atoms with Crippen molar-refractivity contribution in [1.82, 2.24) is 0 Å². The Hall–Kier alpha value is -2.49. The second kappa shape index (κ2) is 4.65. The third-order valence-corrected chi connectivity index (χ3v) is 2.99. The predicted octanol–water partition coefficient (Wildman–Crippen LogP) is 2.71.